The highest BCUT2D eigenvalue weighted by atomic mass is 28.4. The summed E-state index contributed by atoms with van der Waals surface area (Å²) in [7, 11) is -2.70. The number of allylic oxidation sites excluding steroid dienone is 1. The van der Waals surface area contributed by atoms with Crippen LogP contribution in [0, 0.1) is 0 Å². The van der Waals surface area contributed by atoms with Crippen molar-refractivity contribution in [3.63, 3.8) is 0 Å². The Bertz CT molecular complexity index is 248. The van der Waals surface area contributed by atoms with E-state index in [-0.39, 0.29) is 0 Å². The number of hydrogen-bond acceptors (Lipinski definition) is 5. The number of carbonyl (C=O) groups excluding carboxylic acids is 1. The Balaban J connectivity index is 4.29. The molecule has 17 heavy (non-hydrogen) atoms. The molecule has 0 saturated heterocycles. The summed E-state index contributed by atoms with van der Waals surface area (Å²) in [5, 5.41) is 0. The molecule has 0 fully saturated rings. The number of ether oxygens (including phenoxy) is 1. The van der Waals surface area contributed by atoms with E-state index < -0.39 is 21.1 Å². The minimum Gasteiger partial charge on any atom is -0.434 e. The fourth-order valence-electron chi connectivity index (χ4n) is 1.30. The largest absolute Gasteiger partial charge is 0.500 e. The van der Waals surface area contributed by atoms with Crippen LogP contribution in [0.1, 0.15) is 27.7 Å². The summed E-state index contributed by atoms with van der Waals surface area (Å²) in [5.41, 5.74) is 0. The van der Waals surface area contributed by atoms with Gasteiger partial charge in [0.05, 0.1) is 0 Å². The summed E-state index contributed by atoms with van der Waals surface area (Å²) < 4.78 is 21.5. The summed E-state index contributed by atoms with van der Waals surface area (Å²) in [6, 6.07) is 0. The second-order valence-corrected chi connectivity index (χ2v) is 5.89. The van der Waals surface area contributed by atoms with Gasteiger partial charge in [0, 0.05) is 25.8 Å². The van der Waals surface area contributed by atoms with E-state index in [0.29, 0.717) is 13.2 Å². The van der Waals surface area contributed by atoms with Gasteiger partial charge < -0.3 is 18.0 Å². The molecular formula is C11H22O5Si. The summed E-state index contributed by atoms with van der Waals surface area (Å²) in [4.78, 5) is 11.2. The standard InChI is InChI=1S/C11H22O5Si/c1-6-9-11(12)15-10(4)16-17(5,13-7-2)14-8-3/h6,9-10H,7-8H2,1-5H3. The third-order valence-electron chi connectivity index (χ3n) is 1.78. The van der Waals surface area contributed by atoms with Crippen molar-refractivity contribution in [2.24, 2.45) is 0 Å². The highest BCUT2D eigenvalue weighted by Gasteiger charge is 2.36. The first-order chi connectivity index (χ1) is 7.97. The van der Waals surface area contributed by atoms with Gasteiger partial charge in [0.1, 0.15) is 0 Å². The number of hydrogen-bond donors (Lipinski definition) is 0. The maximum atomic E-state index is 11.2. The molecule has 0 spiro atoms. The van der Waals surface area contributed by atoms with E-state index in [2.05, 4.69) is 0 Å². The van der Waals surface area contributed by atoms with Crippen LogP contribution in [0.2, 0.25) is 6.55 Å². The quantitative estimate of drug-likeness (QED) is 0.290. The molecule has 0 N–H and O–H groups in total. The van der Waals surface area contributed by atoms with Crippen LogP contribution in [0.4, 0.5) is 0 Å². The molecular weight excluding hydrogens is 240 g/mol. The lowest BCUT2D eigenvalue weighted by atomic mass is 10.5. The minimum atomic E-state index is -2.70. The smallest absolute Gasteiger partial charge is 0.434 e. The van der Waals surface area contributed by atoms with Crippen LogP contribution >= 0.6 is 0 Å². The van der Waals surface area contributed by atoms with Crippen LogP contribution in [0.15, 0.2) is 12.2 Å². The molecule has 100 valence electrons. The lowest BCUT2D eigenvalue weighted by Gasteiger charge is -2.27. The first-order valence-corrected chi connectivity index (χ1v) is 7.99. The summed E-state index contributed by atoms with van der Waals surface area (Å²) in [6.45, 7) is 9.89. The van der Waals surface area contributed by atoms with Crippen molar-refractivity contribution in [1.29, 1.82) is 0 Å². The molecule has 0 rings (SSSR count). The monoisotopic (exact) mass is 262 g/mol. The van der Waals surface area contributed by atoms with Crippen molar-refractivity contribution < 1.29 is 22.8 Å². The van der Waals surface area contributed by atoms with Gasteiger partial charge in [-0.2, -0.15) is 0 Å². The lowest BCUT2D eigenvalue weighted by molar-refractivity contribution is -0.160. The molecule has 0 aromatic heterocycles. The maximum Gasteiger partial charge on any atom is 0.500 e. The normalized spacial score (nSPS) is 13.9. The van der Waals surface area contributed by atoms with Crippen LogP contribution in [0.5, 0.6) is 0 Å². The number of rotatable bonds is 8. The van der Waals surface area contributed by atoms with Crippen molar-refractivity contribution in [2.75, 3.05) is 13.2 Å². The van der Waals surface area contributed by atoms with Crippen LogP contribution in [0.25, 0.3) is 0 Å². The van der Waals surface area contributed by atoms with E-state index in [4.69, 9.17) is 18.0 Å². The molecule has 1 unspecified atom stereocenters. The average molecular weight is 262 g/mol. The molecule has 0 saturated carbocycles. The summed E-state index contributed by atoms with van der Waals surface area (Å²) >= 11 is 0. The fraction of sp³-hybridized carbons (Fsp3) is 0.727. The van der Waals surface area contributed by atoms with Gasteiger partial charge in [0.25, 0.3) is 0 Å². The van der Waals surface area contributed by atoms with Gasteiger partial charge in [-0.15, -0.1) is 0 Å². The molecule has 0 aliphatic rings. The van der Waals surface area contributed by atoms with Crippen LogP contribution in [-0.4, -0.2) is 34.3 Å². The third kappa shape index (κ3) is 7.27. The predicted molar refractivity (Wildman–Crippen MR) is 66.3 cm³/mol. The molecule has 0 aliphatic carbocycles. The predicted octanol–water partition coefficient (Wildman–Crippen LogP) is 2.11. The Labute approximate surface area is 104 Å². The Morgan fingerprint density at radius 2 is 1.82 bits per heavy atom. The number of esters is 1. The highest BCUT2D eigenvalue weighted by molar-refractivity contribution is 6.59. The molecule has 0 amide bonds. The van der Waals surface area contributed by atoms with Gasteiger partial charge in [-0.1, -0.05) is 6.08 Å². The highest BCUT2D eigenvalue weighted by Crippen LogP contribution is 2.13. The maximum absolute atomic E-state index is 11.2. The van der Waals surface area contributed by atoms with E-state index in [1.807, 2.05) is 13.8 Å². The van der Waals surface area contributed by atoms with Crippen LogP contribution < -0.4 is 0 Å². The van der Waals surface area contributed by atoms with E-state index in [9.17, 15) is 4.79 Å². The minimum absolute atomic E-state index is 0.440. The van der Waals surface area contributed by atoms with Gasteiger partial charge in [-0.05, 0) is 27.7 Å². The molecule has 1 atom stereocenters. The van der Waals surface area contributed by atoms with Crippen LogP contribution in [0.3, 0.4) is 0 Å². The molecule has 0 aromatic carbocycles. The Morgan fingerprint density at radius 1 is 1.29 bits per heavy atom. The van der Waals surface area contributed by atoms with Gasteiger partial charge in [0.15, 0.2) is 6.29 Å². The van der Waals surface area contributed by atoms with Gasteiger partial charge >= 0.3 is 14.8 Å². The third-order valence-corrected chi connectivity index (χ3v) is 4.16. The van der Waals surface area contributed by atoms with E-state index >= 15 is 0 Å². The SMILES string of the molecule is CC=CC(=O)OC(C)O[Si](C)(OCC)OCC. The van der Waals surface area contributed by atoms with E-state index in [0.717, 1.165) is 0 Å². The zero-order chi connectivity index (χ0) is 13.3. The zero-order valence-electron chi connectivity index (χ0n) is 11.2. The second kappa shape index (κ2) is 8.41. The van der Waals surface area contributed by atoms with Crippen molar-refractivity contribution in [1.82, 2.24) is 0 Å². The summed E-state index contributed by atoms with van der Waals surface area (Å²) in [6.07, 6.45) is 2.25. The Morgan fingerprint density at radius 3 is 2.24 bits per heavy atom. The average Bonchev–Trinajstić information content (AvgIpc) is 2.17. The summed E-state index contributed by atoms with van der Waals surface area (Å²) in [5.74, 6) is -0.440. The second-order valence-electron chi connectivity index (χ2n) is 3.35. The molecule has 0 heterocycles. The molecule has 5 nitrogen and oxygen atoms in total. The Hall–Kier alpha value is -0.693. The molecule has 0 aromatic rings. The van der Waals surface area contributed by atoms with Crippen molar-refractivity contribution in [3.8, 4) is 0 Å². The molecule has 6 heteroatoms. The lowest BCUT2D eigenvalue weighted by Crippen LogP contribution is -2.45. The van der Waals surface area contributed by atoms with Crippen LogP contribution in [-0.2, 0) is 22.8 Å². The van der Waals surface area contributed by atoms with Gasteiger partial charge in [-0.25, -0.2) is 4.79 Å². The first kappa shape index (κ1) is 16.3. The van der Waals surface area contributed by atoms with Gasteiger partial charge in [0.2, 0.25) is 0 Å². The van der Waals surface area contributed by atoms with Gasteiger partial charge in [-0.3, -0.25) is 0 Å². The van der Waals surface area contributed by atoms with Crippen molar-refractivity contribution >= 4 is 14.8 Å². The molecule has 0 radical (unpaired) electrons. The fourth-order valence-corrected chi connectivity index (χ4v) is 3.22. The van der Waals surface area contributed by atoms with Crippen molar-refractivity contribution in [2.45, 2.75) is 40.5 Å². The van der Waals surface area contributed by atoms with Crippen molar-refractivity contribution in [3.05, 3.63) is 12.2 Å². The zero-order valence-corrected chi connectivity index (χ0v) is 12.2. The van der Waals surface area contributed by atoms with E-state index in [1.54, 1.807) is 26.5 Å². The van der Waals surface area contributed by atoms with E-state index in [1.165, 1.54) is 6.08 Å². The Kier molecular flexibility index (Phi) is 8.06. The molecule has 0 aliphatic heterocycles. The molecule has 0 bridgehead atoms. The topological polar surface area (TPSA) is 54.0 Å². The first-order valence-electron chi connectivity index (χ1n) is 5.76. The number of carbonyl (C=O) groups is 1.